The van der Waals surface area contributed by atoms with Gasteiger partial charge in [-0.3, -0.25) is 4.79 Å². The minimum atomic E-state index is -6.73. The molecule has 0 heterocycles. The predicted molar refractivity (Wildman–Crippen MR) is 56.0 cm³/mol. The number of amides is 1. The van der Waals surface area contributed by atoms with Gasteiger partial charge in [-0.15, -0.1) is 0 Å². The smallest absolute Gasteiger partial charge is 0.321 e. The van der Waals surface area contributed by atoms with E-state index in [2.05, 4.69) is 0 Å². The van der Waals surface area contributed by atoms with Crippen LogP contribution in [0.5, 0.6) is 0 Å². The van der Waals surface area contributed by atoms with E-state index in [0.29, 0.717) is 18.2 Å². The van der Waals surface area contributed by atoms with Crippen molar-refractivity contribution in [2.45, 2.75) is 24.2 Å². The van der Waals surface area contributed by atoms with Crippen molar-refractivity contribution in [3.63, 3.8) is 0 Å². The lowest BCUT2D eigenvalue weighted by Gasteiger charge is -2.27. The largest absolute Gasteiger partial charge is 0.460 e. The highest BCUT2D eigenvalue weighted by atomic mass is 19.4. The maximum absolute atomic E-state index is 13.0. The van der Waals surface area contributed by atoms with Crippen molar-refractivity contribution in [3.05, 3.63) is 29.8 Å². The van der Waals surface area contributed by atoms with Crippen LogP contribution in [0, 0.1) is 0 Å². The first-order valence-electron chi connectivity index (χ1n) is 5.42. The zero-order valence-corrected chi connectivity index (χ0v) is 10.5. The van der Waals surface area contributed by atoms with E-state index in [-0.39, 0.29) is 6.07 Å². The fraction of sp³-hybridized carbons (Fsp3) is 0.364. The van der Waals surface area contributed by atoms with E-state index in [1.54, 1.807) is 0 Å². The molecule has 12 heteroatoms. The molecule has 130 valence electrons. The van der Waals surface area contributed by atoms with Gasteiger partial charge in [0.15, 0.2) is 0 Å². The van der Waals surface area contributed by atoms with Gasteiger partial charge >= 0.3 is 30.1 Å². The van der Waals surface area contributed by atoms with E-state index in [1.165, 1.54) is 0 Å². The van der Waals surface area contributed by atoms with Crippen LogP contribution in [-0.4, -0.2) is 23.9 Å². The fourth-order valence-electron chi connectivity index (χ4n) is 1.30. The lowest BCUT2D eigenvalue weighted by molar-refractivity contribution is -0.343. The van der Waals surface area contributed by atoms with Gasteiger partial charge in [-0.05, 0) is 18.2 Å². The summed E-state index contributed by atoms with van der Waals surface area (Å²) in [5, 5.41) is 0.904. The highest BCUT2D eigenvalue weighted by Gasteiger charge is 2.76. The van der Waals surface area contributed by atoms with Crippen molar-refractivity contribution in [2.24, 2.45) is 0 Å². The van der Waals surface area contributed by atoms with Gasteiger partial charge in [-0.25, -0.2) is 0 Å². The standard InChI is InChI=1S/C11H5F10NO/c12-8(13,10(17,18)11(19,20)21)7(23)22-6-3-1-2-5(4-6)9(14,15)16/h1-4H,(H,22,23). The van der Waals surface area contributed by atoms with Gasteiger partial charge in [0.05, 0.1) is 5.56 Å². The average molecular weight is 357 g/mol. The van der Waals surface area contributed by atoms with E-state index in [0.717, 1.165) is 5.32 Å². The molecule has 0 aliphatic rings. The highest BCUT2D eigenvalue weighted by Crippen LogP contribution is 2.47. The van der Waals surface area contributed by atoms with Crippen LogP contribution in [0.4, 0.5) is 49.6 Å². The summed E-state index contributed by atoms with van der Waals surface area (Å²) in [6.07, 6.45) is -11.7. The molecule has 1 aromatic carbocycles. The Kier molecular flexibility index (Phi) is 4.61. The molecule has 2 nitrogen and oxygen atoms in total. The number of carbonyl (C=O) groups is 1. The van der Waals surface area contributed by atoms with Gasteiger partial charge in [0.1, 0.15) is 0 Å². The lowest BCUT2D eigenvalue weighted by Crippen LogP contribution is -2.57. The monoisotopic (exact) mass is 357 g/mol. The van der Waals surface area contributed by atoms with Gasteiger partial charge in [-0.1, -0.05) is 6.07 Å². The first-order chi connectivity index (χ1) is 10.1. The number of nitrogens with one attached hydrogen (secondary N) is 1. The molecule has 1 amide bonds. The number of halogens is 10. The molecule has 23 heavy (non-hydrogen) atoms. The molecular formula is C11H5F10NO. The summed E-state index contributed by atoms with van der Waals surface area (Å²) in [5.41, 5.74) is -2.45. The van der Waals surface area contributed by atoms with Crippen molar-refractivity contribution >= 4 is 11.6 Å². The Hall–Kier alpha value is -2.01. The molecule has 0 fully saturated rings. The van der Waals surface area contributed by atoms with E-state index < -0.39 is 41.4 Å². The molecule has 0 aromatic heterocycles. The van der Waals surface area contributed by atoms with Crippen LogP contribution < -0.4 is 5.32 Å². The number of benzene rings is 1. The van der Waals surface area contributed by atoms with E-state index in [4.69, 9.17) is 0 Å². The molecule has 0 unspecified atom stereocenters. The van der Waals surface area contributed by atoms with Gasteiger partial charge in [0.2, 0.25) is 0 Å². The quantitative estimate of drug-likeness (QED) is 0.795. The lowest BCUT2D eigenvalue weighted by atomic mass is 10.1. The number of hydrogen-bond acceptors (Lipinski definition) is 1. The fourth-order valence-corrected chi connectivity index (χ4v) is 1.30. The predicted octanol–water partition coefficient (Wildman–Crippen LogP) is 4.48. The summed E-state index contributed by atoms with van der Waals surface area (Å²) in [6.45, 7) is 0. The van der Waals surface area contributed by atoms with Gasteiger partial charge in [-0.2, -0.15) is 43.9 Å². The highest BCUT2D eigenvalue weighted by molar-refractivity contribution is 5.97. The summed E-state index contributed by atoms with van der Waals surface area (Å²) in [6, 6.07) is 1.81. The van der Waals surface area contributed by atoms with Crippen LogP contribution in [0.25, 0.3) is 0 Å². The summed E-state index contributed by atoms with van der Waals surface area (Å²) in [7, 11) is 0. The number of alkyl halides is 10. The molecule has 0 aliphatic heterocycles. The Balaban J connectivity index is 3.09. The zero-order chi connectivity index (χ0) is 18.3. The Morgan fingerprint density at radius 2 is 1.39 bits per heavy atom. The second-order valence-corrected chi connectivity index (χ2v) is 4.18. The first kappa shape index (κ1) is 19.0. The van der Waals surface area contributed by atoms with Crippen LogP contribution in [-0.2, 0) is 11.0 Å². The minimum absolute atomic E-state index is 0.0969. The summed E-state index contributed by atoms with van der Waals surface area (Å²) < 4.78 is 124. The second-order valence-electron chi connectivity index (χ2n) is 4.18. The molecule has 1 N–H and O–H groups in total. The third kappa shape index (κ3) is 3.67. The Morgan fingerprint density at radius 1 is 0.870 bits per heavy atom. The van der Waals surface area contributed by atoms with E-state index in [9.17, 15) is 48.7 Å². The van der Waals surface area contributed by atoms with Crippen molar-refractivity contribution in [2.75, 3.05) is 5.32 Å². The van der Waals surface area contributed by atoms with Crippen molar-refractivity contribution in [1.82, 2.24) is 0 Å². The van der Waals surface area contributed by atoms with Crippen molar-refractivity contribution in [1.29, 1.82) is 0 Å². The van der Waals surface area contributed by atoms with E-state index in [1.807, 2.05) is 0 Å². The van der Waals surface area contributed by atoms with Crippen LogP contribution >= 0.6 is 0 Å². The molecule has 0 spiro atoms. The number of carbonyl (C=O) groups excluding carboxylic acids is 1. The molecule has 0 aliphatic carbocycles. The summed E-state index contributed by atoms with van der Waals surface area (Å²) in [5.74, 6) is -16.0. The minimum Gasteiger partial charge on any atom is -0.321 e. The molecule has 0 saturated heterocycles. The zero-order valence-electron chi connectivity index (χ0n) is 10.5. The topological polar surface area (TPSA) is 29.1 Å². The third-order valence-corrected chi connectivity index (χ3v) is 2.48. The molecule has 0 atom stereocenters. The number of anilines is 1. The summed E-state index contributed by atoms with van der Waals surface area (Å²) in [4.78, 5) is 11.0. The Morgan fingerprint density at radius 3 is 1.83 bits per heavy atom. The van der Waals surface area contributed by atoms with Crippen LogP contribution in [0.1, 0.15) is 5.56 Å². The SMILES string of the molecule is O=C(Nc1cccc(C(F)(F)F)c1)C(F)(F)C(F)(F)C(F)(F)F. The Labute approximate surface area is 121 Å². The van der Waals surface area contributed by atoms with Gasteiger partial charge in [0, 0.05) is 5.69 Å². The van der Waals surface area contributed by atoms with Crippen molar-refractivity contribution in [3.8, 4) is 0 Å². The second kappa shape index (κ2) is 5.57. The Bertz CT molecular complexity index is 589. The van der Waals surface area contributed by atoms with Crippen LogP contribution in [0.2, 0.25) is 0 Å². The average Bonchev–Trinajstić information content (AvgIpc) is 2.36. The van der Waals surface area contributed by atoms with E-state index >= 15 is 0 Å². The third-order valence-electron chi connectivity index (χ3n) is 2.48. The van der Waals surface area contributed by atoms with Crippen molar-refractivity contribution < 1.29 is 48.7 Å². The first-order valence-corrected chi connectivity index (χ1v) is 5.42. The normalized spacial score (nSPS) is 13.8. The number of hydrogen-bond donors (Lipinski definition) is 1. The molecule has 1 rings (SSSR count). The van der Waals surface area contributed by atoms with Crippen LogP contribution in [0.15, 0.2) is 24.3 Å². The molecule has 0 radical (unpaired) electrons. The molecular weight excluding hydrogens is 352 g/mol. The molecule has 0 bridgehead atoms. The van der Waals surface area contributed by atoms with Gasteiger partial charge in [0.25, 0.3) is 0 Å². The van der Waals surface area contributed by atoms with Gasteiger partial charge < -0.3 is 5.32 Å². The maximum Gasteiger partial charge on any atom is 0.460 e. The maximum atomic E-state index is 13.0. The summed E-state index contributed by atoms with van der Waals surface area (Å²) >= 11 is 0. The number of rotatable bonds is 3. The molecule has 1 aromatic rings. The van der Waals surface area contributed by atoms with Crippen LogP contribution in [0.3, 0.4) is 0 Å². The molecule has 0 saturated carbocycles.